The van der Waals surface area contributed by atoms with Crippen molar-refractivity contribution in [2.24, 2.45) is 0 Å². The Kier molecular flexibility index (Phi) is 5.08. The fourth-order valence-electron chi connectivity index (χ4n) is 1.56. The first-order valence-corrected chi connectivity index (χ1v) is 5.47. The fraction of sp³-hybridized carbons (Fsp3) is 0.900. The molecule has 1 heterocycles. The first-order chi connectivity index (χ1) is 7.56. The molecule has 0 saturated carbocycles. The molecule has 6 heteroatoms. The maximum atomic E-state index is 12.7. The smallest absolute Gasteiger partial charge is 0.377 e. The summed E-state index contributed by atoms with van der Waals surface area (Å²) < 4.78 is 30.0. The first-order valence-electron chi connectivity index (χ1n) is 5.47. The Morgan fingerprint density at radius 3 is 2.75 bits per heavy atom. The van der Waals surface area contributed by atoms with E-state index in [1.807, 2.05) is 0 Å². The van der Waals surface area contributed by atoms with E-state index < -0.39 is 24.4 Å². The summed E-state index contributed by atoms with van der Waals surface area (Å²) in [5, 5.41) is 11.5. The summed E-state index contributed by atoms with van der Waals surface area (Å²) in [5.74, 6) is -4.73. The van der Waals surface area contributed by atoms with Crippen molar-refractivity contribution in [3.8, 4) is 0 Å². The number of unbranched alkanes of at least 4 members (excludes halogenated alkanes) is 2. The zero-order valence-corrected chi connectivity index (χ0v) is 9.05. The molecule has 0 aromatic heterocycles. The van der Waals surface area contributed by atoms with Crippen LogP contribution in [-0.4, -0.2) is 42.8 Å². The molecule has 0 aliphatic carbocycles. The molecule has 0 aromatic carbocycles. The minimum Gasteiger partial charge on any atom is -0.456 e. The Labute approximate surface area is 93.0 Å². The van der Waals surface area contributed by atoms with Crippen molar-refractivity contribution in [3.05, 3.63) is 0 Å². The van der Waals surface area contributed by atoms with Gasteiger partial charge in [0.2, 0.25) is 0 Å². The third kappa shape index (κ3) is 4.02. The molecule has 1 atom stereocenters. The number of halogens is 2. The Hall–Kier alpha value is -0.750. The molecule has 0 amide bonds. The average Bonchev–Trinajstić information content (AvgIpc) is 2.47. The van der Waals surface area contributed by atoms with E-state index in [2.05, 4.69) is 10.1 Å². The second kappa shape index (κ2) is 6.10. The highest BCUT2D eigenvalue weighted by Crippen LogP contribution is 2.30. The van der Waals surface area contributed by atoms with Crippen LogP contribution >= 0.6 is 0 Å². The van der Waals surface area contributed by atoms with Crippen LogP contribution < -0.4 is 5.32 Å². The molecule has 0 aromatic rings. The third-order valence-electron chi connectivity index (χ3n) is 2.44. The molecular formula is C10H17F2NO3. The van der Waals surface area contributed by atoms with Gasteiger partial charge < -0.3 is 15.2 Å². The van der Waals surface area contributed by atoms with Gasteiger partial charge in [-0.3, -0.25) is 0 Å². The van der Waals surface area contributed by atoms with E-state index in [4.69, 9.17) is 5.11 Å². The van der Waals surface area contributed by atoms with Gasteiger partial charge in [-0.05, 0) is 25.8 Å². The summed E-state index contributed by atoms with van der Waals surface area (Å²) >= 11 is 0. The lowest BCUT2D eigenvalue weighted by atomic mass is 10.2. The Bertz CT molecular complexity index is 236. The van der Waals surface area contributed by atoms with E-state index >= 15 is 0 Å². The van der Waals surface area contributed by atoms with E-state index in [-0.39, 0.29) is 13.2 Å². The van der Waals surface area contributed by atoms with Crippen LogP contribution in [0.15, 0.2) is 0 Å². The maximum Gasteiger partial charge on any atom is 0.377 e. The largest absolute Gasteiger partial charge is 0.456 e. The van der Waals surface area contributed by atoms with Gasteiger partial charge >= 0.3 is 11.9 Å². The van der Waals surface area contributed by atoms with Gasteiger partial charge in [0, 0.05) is 13.2 Å². The first kappa shape index (κ1) is 13.3. The number of ether oxygens (including phenoxy) is 1. The van der Waals surface area contributed by atoms with E-state index in [1.54, 1.807) is 0 Å². The zero-order chi connectivity index (χ0) is 12.0. The van der Waals surface area contributed by atoms with E-state index in [0.717, 1.165) is 19.3 Å². The number of aliphatic hydroxyl groups excluding tert-OH is 1. The van der Waals surface area contributed by atoms with Gasteiger partial charge in [-0.1, -0.05) is 0 Å². The number of alkyl halides is 2. The third-order valence-corrected chi connectivity index (χ3v) is 2.44. The molecule has 1 saturated heterocycles. The molecule has 1 aliphatic rings. The standard InChI is InChI=1S/C10H17F2NO3/c11-10(12)6-8(16-9(10)15)7-13-4-2-1-3-5-14/h8,13-14H,1-7H2. The molecular weight excluding hydrogens is 220 g/mol. The van der Waals surface area contributed by atoms with Gasteiger partial charge in [-0.25, -0.2) is 4.79 Å². The maximum absolute atomic E-state index is 12.7. The van der Waals surface area contributed by atoms with Crippen molar-refractivity contribution in [1.82, 2.24) is 5.32 Å². The van der Waals surface area contributed by atoms with Crippen LogP contribution in [0.25, 0.3) is 0 Å². The van der Waals surface area contributed by atoms with Crippen molar-refractivity contribution in [2.45, 2.75) is 37.7 Å². The number of carbonyl (C=O) groups is 1. The molecule has 16 heavy (non-hydrogen) atoms. The van der Waals surface area contributed by atoms with Gasteiger partial charge in [0.25, 0.3) is 0 Å². The zero-order valence-electron chi connectivity index (χ0n) is 9.05. The summed E-state index contributed by atoms with van der Waals surface area (Å²) in [6.07, 6.45) is 1.26. The minimum atomic E-state index is -3.32. The van der Waals surface area contributed by atoms with Gasteiger partial charge in [-0.2, -0.15) is 8.78 Å². The molecule has 1 fully saturated rings. The van der Waals surface area contributed by atoms with Crippen molar-refractivity contribution in [1.29, 1.82) is 0 Å². The number of hydrogen-bond acceptors (Lipinski definition) is 4. The van der Waals surface area contributed by atoms with Crippen LogP contribution in [0.1, 0.15) is 25.7 Å². The molecule has 0 spiro atoms. The van der Waals surface area contributed by atoms with Crippen molar-refractivity contribution in [2.75, 3.05) is 19.7 Å². The van der Waals surface area contributed by atoms with Crippen LogP contribution in [-0.2, 0) is 9.53 Å². The quantitative estimate of drug-likeness (QED) is 0.505. The van der Waals surface area contributed by atoms with Crippen molar-refractivity contribution >= 4 is 5.97 Å². The lowest BCUT2D eigenvalue weighted by molar-refractivity contribution is -0.159. The second-order valence-electron chi connectivity index (χ2n) is 3.92. The number of nitrogens with one attached hydrogen (secondary N) is 1. The molecule has 1 unspecified atom stereocenters. The van der Waals surface area contributed by atoms with Gasteiger partial charge in [0.1, 0.15) is 6.10 Å². The summed E-state index contributed by atoms with van der Waals surface area (Å²) in [4.78, 5) is 10.7. The molecule has 4 nitrogen and oxygen atoms in total. The Morgan fingerprint density at radius 2 is 2.19 bits per heavy atom. The predicted molar refractivity (Wildman–Crippen MR) is 53.3 cm³/mol. The Morgan fingerprint density at radius 1 is 1.44 bits per heavy atom. The lowest BCUT2D eigenvalue weighted by Crippen LogP contribution is -2.27. The van der Waals surface area contributed by atoms with Gasteiger partial charge in [0.05, 0.1) is 6.42 Å². The van der Waals surface area contributed by atoms with Crippen molar-refractivity contribution < 1.29 is 23.4 Å². The number of cyclic esters (lactones) is 1. The van der Waals surface area contributed by atoms with Gasteiger partial charge in [-0.15, -0.1) is 0 Å². The number of rotatable bonds is 7. The van der Waals surface area contributed by atoms with Crippen LogP contribution in [0.3, 0.4) is 0 Å². The van der Waals surface area contributed by atoms with Crippen molar-refractivity contribution in [3.63, 3.8) is 0 Å². The highest BCUT2D eigenvalue weighted by Gasteiger charge is 2.50. The molecule has 1 aliphatic heterocycles. The van der Waals surface area contributed by atoms with Gasteiger partial charge in [0.15, 0.2) is 0 Å². The van der Waals surface area contributed by atoms with Crippen LogP contribution in [0.5, 0.6) is 0 Å². The summed E-state index contributed by atoms with van der Waals surface area (Å²) in [5.41, 5.74) is 0. The van der Waals surface area contributed by atoms with Crippen LogP contribution in [0.4, 0.5) is 8.78 Å². The SMILES string of the molecule is O=C1OC(CNCCCCCO)CC1(F)F. The number of carbonyl (C=O) groups excluding carboxylic acids is 1. The normalized spacial score (nSPS) is 23.4. The highest BCUT2D eigenvalue weighted by molar-refractivity contribution is 5.79. The van der Waals surface area contributed by atoms with E-state index in [1.165, 1.54) is 0 Å². The molecule has 94 valence electrons. The average molecular weight is 237 g/mol. The van der Waals surface area contributed by atoms with Crippen LogP contribution in [0.2, 0.25) is 0 Å². The predicted octanol–water partition coefficient (Wildman–Crippen LogP) is 0.689. The minimum absolute atomic E-state index is 0.173. The summed E-state index contributed by atoms with van der Waals surface area (Å²) in [6, 6.07) is 0. The number of aliphatic hydroxyl groups is 1. The lowest BCUT2D eigenvalue weighted by Gasteiger charge is -2.09. The topological polar surface area (TPSA) is 58.6 Å². The molecule has 2 N–H and O–H groups in total. The van der Waals surface area contributed by atoms with E-state index in [9.17, 15) is 13.6 Å². The summed E-state index contributed by atoms with van der Waals surface area (Å²) in [7, 11) is 0. The second-order valence-corrected chi connectivity index (χ2v) is 3.92. The van der Waals surface area contributed by atoms with Crippen LogP contribution in [0, 0.1) is 0 Å². The number of hydrogen-bond donors (Lipinski definition) is 2. The number of esters is 1. The molecule has 0 radical (unpaired) electrons. The highest BCUT2D eigenvalue weighted by atomic mass is 19.3. The fourth-order valence-corrected chi connectivity index (χ4v) is 1.56. The van der Waals surface area contributed by atoms with E-state index in [0.29, 0.717) is 6.54 Å². The summed E-state index contributed by atoms with van der Waals surface area (Å²) in [6.45, 7) is 1.12. The molecule has 0 bridgehead atoms. The molecule has 1 rings (SSSR count). The Balaban J connectivity index is 2.05. The monoisotopic (exact) mass is 237 g/mol.